The van der Waals surface area contributed by atoms with E-state index in [1.165, 1.54) is 10.9 Å². The van der Waals surface area contributed by atoms with Crippen LogP contribution in [0.25, 0.3) is 10.9 Å². The van der Waals surface area contributed by atoms with Crippen LogP contribution in [-0.2, 0) is 4.79 Å². The van der Waals surface area contributed by atoms with Crippen LogP contribution < -0.4 is 5.32 Å². The molecule has 0 spiro atoms. The summed E-state index contributed by atoms with van der Waals surface area (Å²) < 4.78 is 0. The molecule has 2 atom stereocenters. The maximum Gasteiger partial charge on any atom is 0.240 e. The van der Waals surface area contributed by atoms with Crippen LogP contribution in [0.1, 0.15) is 31.4 Å². The summed E-state index contributed by atoms with van der Waals surface area (Å²) in [6.07, 6.45) is 6.31. The van der Waals surface area contributed by atoms with Gasteiger partial charge in [-0.1, -0.05) is 25.1 Å². The fourth-order valence-electron chi connectivity index (χ4n) is 5.12. The van der Waals surface area contributed by atoms with Gasteiger partial charge in [-0.2, -0.15) is 11.8 Å². The van der Waals surface area contributed by atoms with Crippen LogP contribution in [0.4, 0.5) is 0 Å². The molecule has 2 aliphatic heterocycles. The van der Waals surface area contributed by atoms with E-state index in [2.05, 4.69) is 68.6 Å². The average molecular weight is 444 g/mol. The number of nitrogens with zero attached hydrogens (tertiary/aromatic N) is 3. The molecular weight excluding hydrogens is 406 g/mol. The highest BCUT2D eigenvalue weighted by Crippen LogP contribution is 2.30. The van der Waals surface area contributed by atoms with Gasteiger partial charge in [-0.05, 0) is 44.0 Å². The Hall–Kier alpha value is -1.54. The van der Waals surface area contributed by atoms with Crippen molar-refractivity contribution in [1.29, 1.82) is 0 Å². The smallest absolute Gasteiger partial charge is 0.240 e. The number of aromatic amines is 1. The molecule has 2 N–H and O–H groups in total. The Labute approximate surface area is 190 Å². The summed E-state index contributed by atoms with van der Waals surface area (Å²) in [5, 5.41) is 4.75. The van der Waals surface area contributed by atoms with Crippen molar-refractivity contribution in [1.82, 2.24) is 25.0 Å². The zero-order valence-electron chi connectivity index (χ0n) is 19.0. The van der Waals surface area contributed by atoms with Gasteiger partial charge in [0.1, 0.15) is 0 Å². The molecular formula is C24H37N5OS. The van der Waals surface area contributed by atoms with Crippen LogP contribution >= 0.6 is 11.8 Å². The molecule has 1 amide bonds. The molecule has 6 nitrogen and oxygen atoms in total. The van der Waals surface area contributed by atoms with Crippen molar-refractivity contribution in [3.63, 3.8) is 0 Å². The standard InChI is InChI=1S/C24H37N5OS/c1-3-27-11-6-12-28(15-14-27)22(9-16-31-2)24(30)29-13-10-25-18-23(29)20-17-26-21-8-5-4-7-19(20)21/h4-5,7-8,17,22-23,25-26H,3,6,9-16,18H2,1-2H3/t22-,23?/m1/s1. The molecule has 0 radical (unpaired) electrons. The SMILES string of the molecule is CCN1CCCN([C@H](CCSC)C(=O)N2CCNCC2c2c[nH]c3ccccc23)CC1. The number of rotatable bonds is 7. The fraction of sp³-hybridized carbons (Fsp3) is 0.625. The Balaban J connectivity index is 1.58. The Kier molecular flexibility index (Phi) is 7.93. The first-order chi connectivity index (χ1) is 15.2. The van der Waals surface area contributed by atoms with Crippen molar-refractivity contribution in [3.8, 4) is 0 Å². The van der Waals surface area contributed by atoms with E-state index in [1.807, 2.05) is 11.8 Å². The Morgan fingerprint density at radius 1 is 1.19 bits per heavy atom. The summed E-state index contributed by atoms with van der Waals surface area (Å²) in [6, 6.07) is 8.47. The number of thioether (sulfide) groups is 1. The van der Waals surface area contributed by atoms with Gasteiger partial charge in [0.2, 0.25) is 5.91 Å². The summed E-state index contributed by atoms with van der Waals surface area (Å²) in [7, 11) is 0. The Morgan fingerprint density at radius 3 is 2.90 bits per heavy atom. The molecule has 1 aromatic carbocycles. The maximum absolute atomic E-state index is 14.0. The number of H-pyrrole nitrogens is 1. The van der Waals surface area contributed by atoms with Crippen molar-refractivity contribution < 1.29 is 4.79 Å². The highest BCUT2D eigenvalue weighted by atomic mass is 32.2. The van der Waals surface area contributed by atoms with Crippen LogP contribution in [0.15, 0.2) is 30.5 Å². The van der Waals surface area contributed by atoms with E-state index in [9.17, 15) is 4.79 Å². The first-order valence-electron chi connectivity index (χ1n) is 11.8. The average Bonchev–Trinajstić information content (AvgIpc) is 3.10. The molecule has 3 heterocycles. The van der Waals surface area contributed by atoms with Crippen molar-refractivity contribution in [3.05, 3.63) is 36.0 Å². The quantitative estimate of drug-likeness (QED) is 0.689. The summed E-state index contributed by atoms with van der Waals surface area (Å²) in [5.74, 6) is 1.34. The van der Waals surface area contributed by atoms with Crippen molar-refractivity contribution in [2.24, 2.45) is 0 Å². The van der Waals surface area contributed by atoms with Crippen LogP contribution in [0.3, 0.4) is 0 Å². The van der Waals surface area contributed by atoms with Gasteiger partial charge in [0.05, 0.1) is 12.1 Å². The summed E-state index contributed by atoms with van der Waals surface area (Å²) in [6.45, 7) is 9.99. The molecule has 0 aliphatic carbocycles. The number of piperazine rings is 1. The number of carbonyl (C=O) groups excluding carboxylic acids is 1. The number of nitrogens with one attached hydrogen (secondary N) is 2. The van der Waals surface area contributed by atoms with E-state index in [1.54, 1.807) is 0 Å². The second-order valence-corrected chi connectivity index (χ2v) is 9.65. The van der Waals surface area contributed by atoms with E-state index < -0.39 is 0 Å². The topological polar surface area (TPSA) is 54.6 Å². The molecule has 2 aliphatic rings. The third-order valence-corrected chi connectivity index (χ3v) is 7.54. The van der Waals surface area contributed by atoms with E-state index in [-0.39, 0.29) is 12.1 Å². The summed E-state index contributed by atoms with van der Waals surface area (Å²) in [5.41, 5.74) is 2.37. The third-order valence-electron chi connectivity index (χ3n) is 6.90. The number of fused-ring (bicyclic) bond motifs is 1. The zero-order valence-corrected chi connectivity index (χ0v) is 19.8. The van der Waals surface area contributed by atoms with Gasteiger partial charge < -0.3 is 20.1 Å². The maximum atomic E-state index is 14.0. The lowest BCUT2D eigenvalue weighted by Crippen LogP contribution is -2.56. The lowest BCUT2D eigenvalue weighted by Gasteiger charge is -2.41. The van der Waals surface area contributed by atoms with E-state index in [0.29, 0.717) is 5.91 Å². The van der Waals surface area contributed by atoms with Gasteiger partial charge in [0, 0.05) is 61.9 Å². The molecule has 1 unspecified atom stereocenters. The lowest BCUT2D eigenvalue weighted by molar-refractivity contribution is -0.140. The highest BCUT2D eigenvalue weighted by Gasteiger charge is 2.36. The van der Waals surface area contributed by atoms with Crippen LogP contribution in [0, 0.1) is 0 Å². The second kappa shape index (κ2) is 10.9. The minimum Gasteiger partial charge on any atom is -0.361 e. The van der Waals surface area contributed by atoms with Crippen LogP contribution in [-0.4, -0.2) is 96.0 Å². The largest absolute Gasteiger partial charge is 0.361 e. The predicted octanol–water partition coefficient (Wildman–Crippen LogP) is 2.79. The minimum absolute atomic E-state index is 0.0185. The van der Waals surface area contributed by atoms with Crippen molar-refractivity contribution >= 4 is 28.6 Å². The number of aromatic nitrogens is 1. The van der Waals surface area contributed by atoms with Gasteiger partial charge in [0.15, 0.2) is 0 Å². The summed E-state index contributed by atoms with van der Waals surface area (Å²) >= 11 is 1.84. The predicted molar refractivity (Wildman–Crippen MR) is 131 cm³/mol. The van der Waals surface area contributed by atoms with Gasteiger partial charge in [-0.15, -0.1) is 0 Å². The van der Waals surface area contributed by atoms with E-state index in [4.69, 9.17) is 0 Å². The van der Waals surface area contributed by atoms with Crippen LogP contribution in [0.2, 0.25) is 0 Å². The van der Waals surface area contributed by atoms with Crippen molar-refractivity contribution in [2.75, 3.05) is 64.4 Å². The monoisotopic (exact) mass is 443 g/mol. The molecule has 0 bridgehead atoms. The van der Waals surface area contributed by atoms with Gasteiger partial charge in [0.25, 0.3) is 0 Å². The Bertz CT molecular complexity index is 855. The minimum atomic E-state index is -0.0185. The second-order valence-electron chi connectivity index (χ2n) is 8.66. The molecule has 1 aromatic heterocycles. The molecule has 2 fully saturated rings. The number of benzene rings is 1. The third kappa shape index (κ3) is 5.11. The van der Waals surface area contributed by atoms with Crippen molar-refractivity contribution in [2.45, 2.75) is 31.8 Å². The molecule has 2 saturated heterocycles. The van der Waals surface area contributed by atoms with E-state index in [0.717, 1.165) is 76.5 Å². The molecule has 4 rings (SSSR count). The fourth-order valence-corrected chi connectivity index (χ4v) is 5.58. The zero-order chi connectivity index (χ0) is 21.6. The number of hydrogen-bond acceptors (Lipinski definition) is 5. The van der Waals surface area contributed by atoms with E-state index >= 15 is 0 Å². The normalized spacial score (nSPS) is 22.5. The summed E-state index contributed by atoms with van der Waals surface area (Å²) in [4.78, 5) is 24.6. The molecule has 170 valence electrons. The number of hydrogen-bond donors (Lipinski definition) is 2. The van der Waals surface area contributed by atoms with Crippen LogP contribution in [0.5, 0.6) is 0 Å². The van der Waals surface area contributed by atoms with Gasteiger partial charge in [-0.25, -0.2) is 0 Å². The molecule has 0 saturated carbocycles. The first-order valence-corrected chi connectivity index (χ1v) is 13.1. The molecule has 31 heavy (non-hydrogen) atoms. The molecule has 7 heteroatoms. The number of likely N-dealkylation sites (N-methyl/N-ethyl adjacent to an activating group) is 1. The van der Waals surface area contributed by atoms with Gasteiger partial charge >= 0.3 is 0 Å². The molecule has 2 aromatic rings. The number of amides is 1. The lowest BCUT2D eigenvalue weighted by atomic mass is 10.0. The number of para-hydroxylation sites is 1. The number of carbonyl (C=O) groups is 1. The Morgan fingerprint density at radius 2 is 2.06 bits per heavy atom. The van der Waals surface area contributed by atoms with Gasteiger partial charge in [-0.3, -0.25) is 9.69 Å². The highest BCUT2D eigenvalue weighted by molar-refractivity contribution is 7.98. The first kappa shape index (κ1) is 22.6.